The summed E-state index contributed by atoms with van der Waals surface area (Å²) in [6.45, 7) is 1.78. The number of benzene rings is 2. The average molecular weight is 371 g/mol. The van der Waals surface area contributed by atoms with Crippen LogP contribution in [0.15, 0.2) is 65.7 Å². The molecule has 28 heavy (non-hydrogen) atoms. The monoisotopic (exact) mass is 371 g/mol. The molecule has 4 aromatic rings. The van der Waals surface area contributed by atoms with Crippen molar-refractivity contribution < 1.29 is 4.39 Å². The summed E-state index contributed by atoms with van der Waals surface area (Å²) in [5.41, 5.74) is 2.08. The lowest BCUT2D eigenvalue weighted by molar-refractivity contribution is 0.626. The Morgan fingerprint density at radius 1 is 1.18 bits per heavy atom. The molecule has 0 bridgehead atoms. The van der Waals surface area contributed by atoms with Crippen molar-refractivity contribution in [3.63, 3.8) is 0 Å². The van der Waals surface area contributed by atoms with Crippen molar-refractivity contribution >= 4 is 22.5 Å². The fourth-order valence-electron chi connectivity index (χ4n) is 2.95. The quantitative estimate of drug-likeness (QED) is 0.591. The summed E-state index contributed by atoms with van der Waals surface area (Å²) in [5, 5.41) is 12.5. The van der Waals surface area contributed by atoms with Crippen LogP contribution in [0, 0.1) is 24.1 Å². The molecule has 0 atom stereocenters. The molecular weight excluding hydrogens is 357 g/mol. The van der Waals surface area contributed by atoms with Crippen molar-refractivity contribution in [1.29, 1.82) is 5.26 Å². The molecule has 136 valence electrons. The number of pyridine rings is 1. The fraction of sp³-hybridized carbons (Fsp3) is 0.0476. The molecule has 0 saturated heterocycles. The van der Waals surface area contributed by atoms with Gasteiger partial charge < -0.3 is 5.32 Å². The highest BCUT2D eigenvalue weighted by Gasteiger charge is 2.16. The minimum atomic E-state index is -0.467. The molecule has 2 aromatic carbocycles. The molecule has 0 fully saturated rings. The van der Waals surface area contributed by atoms with E-state index in [1.54, 1.807) is 49.6 Å². The van der Waals surface area contributed by atoms with Crippen LogP contribution in [-0.2, 0) is 0 Å². The smallest absolute Gasteiger partial charge is 0.267 e. The van der Waals surface area contributed by atoms with Crippen molar-refractivity contribution in [2.45, 2.75) is 6.92 Å². The predicted octanol–water partition coefficient (Wildman–Crippen LogP) is 3.84. The molecule has 1 N–H and O–H groups in total. The largest absolute Gasteiger partial charge is 0.324 e. The number of nitrogens with one attached hydrogen (secondary N) is 1. The summed E-state index contributed by atoms with van der Waals surface area (Å²) in [4.78, 5) is 21.9. The Hall–Kier alpha value is -4.05. The van der Waals surface area contributed by atoms with E-state index in [0.29, 0.717) is 28.0 Å². The van der Waals surface area contributed by atoms with Crippen LogP contribution in [0.2, 0.25) is 0 Å². The maximum absolute atomic E-state index is 13.9. The molecule has 0 aliphatic rings. The first kappa shape index (κ1) is 17.4. The molecule has 0 amide bonds. The van der Waals surface area contributed by atoms with Gasteiger partial charge in [-0.05, 0) is 55.0 Å². The second kappa shape index (κ2) is 6.93. The zero-order chi connectivity index (χ0) is 19.7. The van der Waals surface area contributed by atoms with Gasteiger partial charge in [0.25, 0.3) is 5.56 Å². The average Bonchev–Trinajstić information content (AvgIpc) is 2.71. The fourth-order valence-corrected chi connectivity index (χ4v) is 2.95. The number of hydrogen-bond donors (Lipinski definition) is 1. The van der Waals surface area contributed by atoms with E-state index >= 15 is 0 Å². The van der Waals surface area contributed by atoms with Gasteiger partial charge in [-0.3, -0.25) is 9.78 Å². The molecule has 0 aliphatic carbocycles. The molecule has 2 aromatic heterocycles. The summed E-state index contributed by atoms with van der Waals surface area (Å²) in [6.07, 6.45) is 3.23. The molecule has 0 radical (unpaired) electrons. The van der Waals surface area contributed by atoms with Gasteiger partial charge in [-0.2, -0.15) is 5.26 Å². The van der Waals surface area contributed by atoms with Crippen LogP contribution in [0.4, 0.5) is 16.0 Å². The zero-order valence-electron chi connectivity index (χ0n) is 14.8. The van der Waals surface area contributed by atoms with E-state index in [2.05, 4.69) is 15.3 Å². The van der Waals surface area contributed by atoms with Crippen molar-refractivity contribution in [3.05, 3.63) is 88.2 Å². The third-order valence-corrected chi connectivity index (χ3v) is 4.33. The van der Waals surface area contributed by atoms with Gasteiger partial charge in [0.15, 0.2) is 0 Å². The molecule has 0 aliphatic heterocycles. The summed E-state index contributed by atoms with van der Waals surface area (Å²) in [5.74, 6) is -0.241. The maximum Gasteiger partial charge on any atom is 0.267 e. The van der Waals surface area contributed by atoms with Crippen molar-refractivity contribution in [1.82, 2.24) is 14.5 Å². The van der Waals surface area contributed by atoms with Gasteiger partial charge in [-0.25, -0.2) is 13.9 Å². The minimum absolute atomic E-state index is 0.226. The van der Waals surface area contributed by atoms with E-state index in [1.165, 1.54) is 22.8 Å². The molecule has 0 saturated carbocycles. The number of aromatic nitrogens is 3. The summed E-state index contributed by atoms with van der Waals surface area (Å²) >= 11 is 0. The molecule has 4 rings (SSSR count). The van der Waals surface area contributed by atoms with E-state index in [4.69, 9.17) is 5.26 Å². The van der Waals surface area contributed by atoms with Crippen LogP contribution in [0.25, 0.3) is 16.6 Å². The molecule has 6 nitrogen and oxygen atoms in total. The van der Waals surface area contributed by atoms with Crippen LogP contribution in [0.3, 0.4) is 0 Å². The number of hydrogen-bond acceptors (Lipinski definition) is 5. The maximum atomic E-state index is 13.9. The number of aryl methyl sites for hydroxylation is 1. The molecular formula is C21H14FN5O. The van der Waals surface area contributed by atoms with Gasteiger partial charge in [0.2, 0.25) is 5.95 Å². The number of rotatable bonds is 3. The van der Waals surface area contributed by atoms with E-state index < -0.39 is 11.4 Å². The van der Waals surface area contributed by atoms with Gasteiger partial charge in [0.1, 0.15) is 5.82 Å². The number of anilines is 2. The van der Waals surface area contributed by atoms with E-state index in [-0.39, 0.29) is 11.3 Å². The Morgan fingerprint density at radius 2 is 2.04 bits per heavy atom. The Kier molecular flexibility index (Phi) is 4.30. The van der Waals surface area contributed by atoms with Crippen LogP contribution < -0.4 is 10.9 Å². The number of halogens is 1. The van der Waals surface area contributed by atoms with E-state index in [0.717, 1.165) is 0 Å². The van der Waals surface area contributed by atoms with Gasteiger partial charge in [-0.15, -0.1) is 0 Å². The Labute approximate surface area is 159 Å². The predicted molar refractivity (Wildman–Crippen MR) is 104 cm³/mol. The molecule has 0 unspecified atom stereocenters. The lowest BCUT2D eigenvalue weighted by Crippen LogP contribution is -2.23. The lowest BCUT2D eigenvalue weighted by atomic mass is 10.1. The first-order chi connectivity index (χ1) is 13.6. The number of nitrogens with zero attached hydrogens (tertiary/aromatic N) is 4. The van der Waals surface area contributed by atoms with E-state index in [9.17, 15) is 9.18 Å². The number of nitriles is 1. The number of fused-ring (bicyclic) bond motifs is 1. The Balaban J connectivity index is 2.05. The zero-order valence-corrected chi connectivity index (χ0v) is 14.8. The Morgan fingerprint density at radius 3 is 2.79 bits per heavy atom. The topological polar surface area (TPSA) is 83.6 Å². The van der Waals surface area contributed by atoms with Crippen molar-refractivity contribution in [3.8, 4) is 11.8 Å². The van der Waals surface area contributed by atoms with Crippen LogP contribution >= 0.6 is 0 Å². The highest BCUT2D eigenvalue weighted by atomic mass is 19.1. The summed E-state index contributed by atoms with van der Waals surface area (Å²) < 4.78 is 15.3. The van der Waals surface area contributed by atoms with Gasteiger partial charge >= 0.3 is 0 Å². The first-order valence-electron chi connectivity index (χ1n) is 8.47. The molecule has 2 heterocycles. The first-order valence-corrected chi connectivity index (χ1v) is 8.47. The lowest BCUT2D eigenvalue weighted by Gasteiger charge is -2.16. The van der Waals surface area contributed by atoms with Crippen LogP contribution in [0.5, 0.6) is 0 Å². The minimum Gasteiger partial charge on any atom is -0.324 e. The highest BCUT2D eigenvalue weighted by Crippen LogP contribution is 2.23. The third-order valence-electron chi connectivity index (χ3n) is 4.33. The Bertz CT molecular complexity index is 1290. The normalized spacial score (nSPS) is 10.6. The molecule has 7 heteroatoms. The summed E-state index contributed by atoms with van der Waals surface area (Å²) in [6, 6.07) is 14.5. The second-order valence-electron chi connectivity index (χ2n) is 6.22. The molecule has 0 spiro atoms. The van der Waals surface area contributed by atoms with Crippen LogP contribution in [0.1, 0.15) is 11.1 Å². The van der Waals surface area contributed by atoms with Gasteiger partial charge in [0, 0.05) is 6.20 Å². The van der Waals surface area contributed by atoms with Crippen molar-refractivity contribution in [2.75, 3.05) is 5.32 Å². The van der Waals surface area contributed by atoms with Gasteiger partial charge in [-0.1, -0.05) is 6.07 Å². The standard InChI is InChI=1S/C21H14FN5O/c1-13-4-6-15(22)10-19(13)27-20(28)17-9-14(11-23)5-7-18(17)26-21(27)25-16-3-2-8-24-12-16/h2-10,12H,1H3,(H,25,26). The second-order valence-corrected chi connectivity index (χ2v) is 6.22. The van der Waals surface area contributed by atoms with E-state index in [1.807, 2.05) is 6.07 Å². The summed E-state index contributed by atoms with van der Waals surface area (Å²) in [7, 11) is 0. The third kappa shape index (κ3) is 3.08. The van der Waals surface area contributed by atoms with Gasteiger partial charge in [0.05, 0.1) is 40.1 Å². The van der Waals surface area contributed by atoms with Crippen LogP contribution in [-0.4, -0.2) is 14.5 Å². The SMILES string of the molecule is Cc1ccc(F)cc1-n1c(Nc2cccnc2)nc2ccc(C#N)cc2c1=O. The van der Waals surface area contributed by atoms with Crippen molar-refractivity contribution in [2.24, 2.45) is 0 Å². The highest BCUT2D eigenvalue weighted by molar-refractivity contribution is 5.81.